The lowest BCUT2D eigenvalue weighted by atomic mass is 10.0. The van der Waals surface area contributed by atoms with Gasteiger partial charge in [0.2, 0.25) is 5.91 Å². The van der Waals surface area contributed by atoms with Gasteiger partial charge in [0.1, 0.15) is 5.82 Å². The van der Waals surface area contributed by atoms with Gasteiger partial charge in [-0.1, -0.05) is 30.3 Å². The van der Waals surface area contributed by atoms with Crippen LogP contribution in [0.3, 0.4) is 0 Å². The molecule has 2 aromatic carbocycles. The van der Waals surface area contributed by atoms with Gasteiger partial charge in [0.05, 0.1) is 12.2 Å². The second-order valence-corrected chi connectivity index (χ2v) is 7.59. The number of aryl methyl sites for hydroxylation is 1. The van der Waals surface area contributed by atoms with Crippen LogP contribution in [-0.2, 0) is 16.0 Å². The Hall–Kier alpha value is -2.66. The van der Waals surface area contributed by atoms with E-state index in [1.165, 1.54) is 6.07 Å². The average Bonchev–Trinajstić information content (AvgIpc) is 3.03. The molecular formula is C23H25FN2O2. The number of carbonyl (C=O) groups is 1. The van der Waals surface area contributed by atoms with E-state index in [4.69, 9.17) is 4.74 Å². The Bertz CT molecular complexity index is 973. The van der Waals surface area contributed by atoms with Crippen LogP contribution in [0, 0.1) is 5.82 Å². The molecule has 1 amide bonds. The van der Waals surface area contributed by atoms with Crippen LogP contribution < -0.4 is 0 Å². The minimum Gasteiger partial charge on any atom is -0.372 e. The first-order chi connectivity index (χ1) is 13.5. The average molecular weight is 380 g/mol. The topological polar surface area (TPSA) is 45.3 Å². The molecule has 1 aliphatic rings. The summed E-state index contributed by atoms with van der Waals surface area (Å²) in [5, 5.41) is 0.843. The van der Waals surface area contributed by atoms with Crippen molar-refractivity contribution in [1.82, 2.24) is 9.88 Å². The molecule has 2 heterocycles. The standard InChI is InChI=1S/C23H25FN2O2/c1-15-13-26(14-16(2)28-15)22(27)11-9-19-20-12-18(24)8-10-21(20)25-23(19)17-6-4-3-5-7-17/h3-8,10,12,15-16,25H,9,11,13-14H2,1-2H3/t15-,16-/m1/s1. The highest BCUT2D eigenvalue weighted by atomic mass is 19.1. The van der Waals surface area contributed by atoms with Crippen LogP contribution in [0.2, 0.25) is 0 Å². The maximum atomic E-state index is 13.9. The van der Waals surface area contributed by atoms with Crippen molar-refractivity contribution < 1.29 is 13.9 Å². The zero-order valence-electron chi connectivity index (χ0n) is 16.2. The van der Waals surface area contributed by atoms with Crippen molar-refractivity contribution in [2.45, 2.75) is 38.9 Å². The van der Waals surface area contributed by atoms with E-state index in [2.05, 4.69) is 4.98 Å². The molecule has 4 rings (SSSR count). The summed E-state index contributed by atoms with van der Waals surface area (Å²) < 4.78 is 19.6. The summed E-state index contributed by atoms with van der Waals surface area (Å²) in [6.07, 6.45) is 1.06. The number of nitrogens with zero attached hydrogens (tertiary/aromatic N) is 1. The number of rotatable bonds is 4. The number of morpholine rings is 1. The van der Waals surface area contributed by atoms with Crippen molar-refractivity contribution in [2.24, 2.45) is 0 Å². The van der Waals surface area contributed by atoms with Gasteiger partial charge in [0.25, 0.3) is 0 Å². The van der Waals surface area contributed by atoms with Gasteiger partial charge in [-0.15, -0.1) is 0 Å². The fourth-order valence-corrected chi connectivity index (χ4v) is 4.10. The molecule has 1 aromatic heterocycles. The maximum Gasteiger partial charge on any atom is 0.223 e. The number of hydrogen-bond acceptors (Lipinski definition) is 2. The summed E-state index contributed by atoms with van der Waals surface area (Å²) >= 11 is 0. The van der Waals surface area contributed by atoms with E-state index in [0.717, 1.165) is 27.7 Å². The molecular weight excluding hydrogens is 355 g/mol. The zero-order chi connectivity index (χ0) is 19.7. The van der Waals surface area contributed by atoms with Gasteiger partial charge in [-0.05, 0) is 49.6 Å². The SMILES string of the molecule is C[C@@H]1CN(C(=O)CCc2c(-c3ccccc3)[nH]c3ccc(F)cc23)C[C@@H](C)O1. The third-order valence-electron chi connectivity index (χ3n) is 5.29. The zero-order valence-corrected chi connectivity index (χ0v) is 16.2. The summed E-state index contributed by atoms with van der Waals surface area (Å²) in [5.41, 5.74) is 3.87. The molecule has 0 unspecified atom stereocenters. The van der Waals surface area contributed by atoms with Crippen LogP contribution in [0.15, 0.2) is 48.5 Å². The molecule has 0 bridgehead atoms. The Kier molecular flexibility index (Phi) is 5.18. The summed E-state index contributed by atoms with van der Waals surface area (Å²) in [7, 11) is 0. The molecule has 0 radical (unpaired) electrons. The number of carbonyl (C=O) groups excluding carboxylic acids is 1. The largest absolute Gasteiger partial charge is 0.372 e. The number of nitrogens with one attached hydrogen (secondary N) is 1. The first-order valence-electron chi connectivity index (χ1n) is 9.80. The van der Waals surface area contributed by atoms with E-state index in [1.807, 2.05) is 49.1 Å². The Labute approximate surface area is 164 Å². The molecule has 1 aliphatic heterocycles. The molecule has 1 N–H and O–H groups in total. The number of benzene rings is 2. The highest BCUT2D eigenvalue weighted by Crippen LogP contribution is 2.32. The summed E-state index contributed by atoms with van der Waals surface area (Å²) in [4.78, 5) is 18.1. The van der Waals surface area contributed by atoms with Crippen molar-refractivity contribution in [3.8, 4) is 11.3 Å². The Balaban J connectivity index is 1.62. The number of ether oxygens (including phenoxy) is 1. The normalized spacial score (nSPS) is 19.9. The van der Waals surface area contributed by atoms with Gasteiger partial charge < -0.3 is 14.6 Å². The van der Waals surface area contributed by atoms with Gasteiger partial charge in [-0.25, -0.2) is 4.39 Å². The van der Waals surface area contributed by atoms with Crippen molar-refractivity contribution in [3.05, 3.63) is 59.9 Å². The number of aromatic amines is 1. The van der Waals surface area contributed by atoms with Gasteiger partial charge in [-0.3, -0.25) is 4.79 Å². The summed E-state index contributed by atoms with van der Waals surface area (Å²) in [6.45, 7) is 5.23. The van der Waals surface area contributed by atoms with Crippen molar-refractivity contribution in [2.75, 3.05) is 13.1 Å². The predicted molar refractivity (Wildman–Crippen MR) is 109 cm³/mol. The van der Waals surface area contributed by atoms with Gasteiger partial charge >= 0.3 is 0 Å². The van der Waals surface area contributed by atoms with Crippen LogP contribution in [0.4, 0.5) is 4.39 Å². The molecule has 0 spiro atoms. The van der Waals surface area contributed by atoms with E-state index in [-0.39, 0.29) is 23.9 Å². The van der Waals surface area contributed by atoms with Gasteiger partial charge in [0.15, 0.2) is 0 Å². The molecule has 28 heavy (non-hydrogen) atoms. The fraction of sp³-hybridized carbons (Fsp3) is 0.348. The fourth-order valence-electron chi connectivity index (χ4n) is 4.10. The molecule has 4 nitrogen and oxygen atoms in total. The Morgan fingerprint density at radius 2 is 1.86 bits per heavy atom. The summed E-state index contributed by atoms with van der Waals surface area (Å²) in [5.74, 6) is -0.152. The molecule has 146 valence electrons. The molecule has 3 aromatic rings. The number of hydrogen-bond donors (Lipinski definition) is 1. The quantitative estimate of drug-likeness (QED) is 0.722. The van der Waals surface area contributed by atoms with Crippen molar-refractivity contribution in [1.29, 1.82) is 0 Å². The number of amides is 1. The number of fused-ring (bicyclic) bond motifs is 1. The lowest BCUT2D eigenvalue weighted by Crippen LogP contribution is -2.48. The highest BCUT2D eigenvalue weighted by molar-refractivity contribution is 5.91. The second kappa shape index (κ2) is 7.76. The first-order valence-corrected chi connectivity index (χ1v) is 9.80. The van der Waals surface area contributed by atoms with E-state index < -0.39 is 0 Å². The minimum atomic E-state index is -0.269. The van der Waals surface area contributed by atoms with E-state index in [9.17, 15) is 9.18 Å². The smallest absolute Gasteiger partial charge is 0.223 e. The van der Waals surface area contributed by atoms with Crippen LogP contribution in [0.25, 0.3) is 22.2 Å². The molecule has 0 saturated carbocycles. The first kappa shape index (κ1) is 18.7. The second-order valence-electron chi connectivity index (χ2n) is 7.59. The highest BCUT2D eigenvalue weighted by Gasteiger charge is 2.26. The number of H-pyrrole nitrogens is 1. The molecule has 1 fully saturated rings. The molecule has 0 aliphatic carbocycles. The van der Waals surface area contributed by atoms with E-state index in [1.54, 1.807) is 12.1 Å². The Morgan fingerprint density at radius 1 is 1.14 bits per heavy atom. The third kappa shape index (κ3) is 3.80. The van der Waals surface area contributed by atoms with Crippen LogP contribution in [0.5, 0.6) is 0 Å². The monoisotopic (exact) mass is 380 g/mol. The number of halogens is 1. The number of aromatic nitrogens is 1. The van der Waals surface area contributed by atoms with Crippen LogP contribution in [0.1, 0.15) is 25.8 Å². The third-order valence-corrected chi connectivity index (χ3v) is 5.29. The molecule has 5 heteroatoms. The predicted octanol–water partition coefficient (Wildman–Crippen LogP) is 4.54. The summed E-state index contributed by atoms with van der Waals surface area (Å²) in [6, 6.07) is 14.7. The van der Waals surface area contributed by atoms with Crippen molar-refractivity contribution >= 4 is 16.8 Å². The van der Waals surface area contributed by atoms with Gasteiger partial charge in [0, 0.05) is 36.1 Å². The molecule has 1 saturated heterocycles. The van der Waals surface area contributed by atoms with Crippen LogP contribution >= 0.6 is 0 Å². The van der Waals surface area contributed by atoms with Crippen LogP contribution in [-0.4, -0.2) is 41.1 Å². The molecule has 2 atom stereocenters. The lowest BCUT2D eigenvalue weighted by Gasteiger charge is -2.35. The van der Waals surface area contributed by atoms with Crippen molar-refractivity contribution in [3.63, 3.8) is 0 Å². The maximum absolute atomic E-state index is 13.9. The van der Waals surface area contributed by atoms with E-state index in [0.29, 0.717) is 25.9 Å². The lowest BCUT2D eigenvalue weighted by molar-refractivity contribution is -0.143. The van der Waals surface area contributed by atoms with Gasteiger partial charge in [-0.2, -0.15) is 0 Å². The Morgan fingerprint density at radius 3 is 2.57 bits per heavy atom. The minimum absolute atomic E-state index is 0.0507. The van der Waals surface area contributed by atoms with E-state index >= 15 is 0 Å².